The van der Waals surface area contributed by atoms with Gasteiger partial charge in [0, 0.05) is 11.7 Å². The molecule has 1 spiro atoms. The van der Waals surface area contributed by atoms with Crippen LogP contribution in [0.2, 0.25) is 0 Å². The Bertz CT molecular complexity index is 601. The van der Waals surface area contributed by atoms with Gasteiger partial charge in [0.2, 0.25) is 0 Å². The van der Waals surface area contributed by atoms with Gasteiger partial charge in [-0.3, -0.25) is 0 Å². The molecule has 0 amide bonds. The molecule has 1 atom stereocenters. The van der Waals surface area contributed by atoms with E-state index in [0.717, 1.165) is 23.7 Å². The third-order valence-corrected chi connectivity index (χ3v) is 7.29. The predicted molar refractivity (Wildman–Crippen MR) is 92.0 cm³/mol. The molecule has 4 bridgehead atoms. The molecule has 4 saturated carbocycles. The normalized spacial score (nSPS) is 45.2. The number of hydrogen-bond acceptors (Lipinski definition) is 1. The first-order valence-corrected chi connectivity index (χ1v) is 9.23. The molecule has 0 unspecified atom stereocenters. The molecule has 0 aromatic heterocycles. The fraction of sp³-hybridized carbons (Fsp3) is 0.619. The maximum absolute atomic E-state index is 2.81. The highest BCUT2D eigenvalue weighted by Gasteiger charge is 2.60. The van der Waals surface area contributed by atoms with Crippen molar-refractivity contribution in [2.24, 2.45) is 23.7 Å². The summed E-state index contributed by atoms with van der Waals surface area (Å²) >= 11 is 0. The van der Waals surface area contributed by atoms with Crippen LogP contribution in [0.4, 0.5) is 5.69 Å². The van der Waals surface area contributed by atoms with Gasteiger partial charge in [-0.1, -0.05) is 30.4 Å². The molecular weight excluding hydrogens is 266 g/mol. The van der Waals surface area contributed by atoms with Crippen LogP contribution in [-0.2, 0) is 0 Å². The van der Waals surface area contributed by atoms with E-state index >= 15 is 0 Å². The fourth-order valence-electron chi connectivity index (χ4n) is 6.68. The zero-order valence-corrected chi connectivity index (χ0v) is 13.8. The first kappa shape index (κ1) is 13.2. The van der Waals surface area contributed by atoms with Crippen molar-refractivity contribution in [3.8, 4) is 0 Å². The van der Waals surface area contributed by atoms with Crippen molar-refractivity contribution < 1.29 is 0 Å². The standard InChI is InChI=1S/C21H27N/c1-14-5-3-4-6-20(14)22-15(2)7-8-21(22)18-10-16-9-17(12-18)13-19(21)11-16/h3-8,15-19H,9-13H2,1-2H3/t15-,16?,17?,18?,19?,21?/m0/s1. The Balaban J connectivity index is 1.64. The number of hydrogen-bond donors (Lipinski definition) is 0. The second kappa shape index (κ2) is 4.40. The average Bonchev–Trinajstić information content (AvgIpc) is 2.83. The van der Waals surface area contributed by atoms with Crippen LogP contribution < -0.4 is 4.90 Å². The molecule has 1 aromatic rings. The molecular formula is C21H27N. The van der Waals surface area contributed by atoms with E-state index in [1.54, 1.807) is 0 Å². The van der Waals surface area contributed by atoms with Crippen LogP contribution in [0.1, 0.15) is 44.6 Å². The lowest BCUT2D eigenvalue weighted by Gasteiger charge is -2.63. The second-order valence-electron chi connectivity index (χ2n) is 8.45. The van der Waals surface area contributed by atoms with Crippen molar-refractivity contribution in [2.45, 2.75) is 57.5 Å². The van der Waals surface area contributed by atoms with Crippen LogP contribution in [0.3, 0.4) is 0 Å². The van der Waals surface area contributed by atoms with Crippen molar-refractivity contribution in [2.75, 3.05) is 4.90 Å². The van der Waals surface area contributed by atoms with Gasteiger partial charge in [0.05, 0.1) is 5.54 Å². The quantitative estimate of drug-likeness (QED) is 0.662. The minimum atomic E-state index is 0.332. The topological polar surface area (TPSA) is 3.24 Å². The number of anilines is 1. The minimum absolute atomic E-state index is 0.332. The summed E-state index contributed by atoms with van der Waals surface area (Å²) in [5.41, 5.74) is 3.25. The Morgan fingerprint density at radius 3 is 2.23 bits per heavy atom. The molecule has 1 aromatic carbocycles. The number of nitrogens with zero attached hydrogens (tertiary/aromatic N) is 1. The van der Waals surface area contributed by atoms with Gasteiger partial charge < -0.3 is 4.90 Å². The maximum atomic E-state index is 2.81. The minimum Gasteiger partial charge on any atom is -0.355 e. The SMILES string of the molecule is Cc1ccccc1N1[C@@H](C)C=CC12C1CC3CC(C1)CC2C3. The average molecular weight is 293 g/mol. The molecule has 5 aliphatic rings. The molecule has 0 saturated heterocycles. The van der Waals surface area contributed by atoms with E-state index < -0.39 is 0 Å². The molecule has 1 heteroatoms. The Hall–Kier alpha value is -1.24. The van der Waals surface area contributed by atoms with E-state index in [-0.39, 0.29) is 0 Å². The smallest absolute Gasteiger partial charge is 0.0648 e. The Kier molecular flexibility index (Phi) is 2.64. The molecule has 4 fully saturated rings. The lowest BCUT2D eigenvalue weighted by atomic mass is 9.48. The van der Waals surface area contributed by atoms with Gasteiger partial charge in [0.25, 0.3) is 0 Å². The van der Waals surface area contributed by atoms with Crippen molar-refractivity contribution in [1.82, 2.24) is 0 Å². The molecule has 6 rings (SSSR count). The molecule has 0 radical (unpaired) electrons. The highest BCUT2D eigenvalue weighted by Crippen LogP contribution is 2.62. The summed E-state index contributed by atoms with van der Waals surface area (Å²) in [6, 6.07) is 9.57. The second-order valence-corrected chi connectivity index (χ2v) is 8.45. The fourth-order valence-corrected chi connectivity index (χ4v) is 6.68. The van der Waals surface area contributed by atoms with Crippen molar-refractivity contribution in [3.05, 3.63) is 42.0 Å². The molecule has 22 heavy (non-hydrogen) atoms. The van der Waals surface area contributed by atoms with E-state index in [1.165, 1.54) is 43.4 Å². The van der Waals surface area contributed by atoms with Gasteiger partial charge >= 0.3 is 0 Å². The van der Waals surface area contributed by atoms with Crippen molar-refractivity contribution in [1.29, 1.82) is 0 Å². The Morgan fingerprint density at radius 1 is 0.955 bits per heavy atom. The number of rotatable bonds is 1. The van der Waals surface area contributed by atoms with E-state index in [1.807, 2.05) is 0 Å². The van der Waals surface area contributed by atoms with Gasteiger partial charge in [-0.15, -0.1) is 0 Å². The van der Waals surface area contributed by atoms with E-state index in [4.69, 9.17) is 0 Å². The number of para-hydroxylation sites is 1. The summed E-state index contributed by atoms with van der Waals surface area (Å²) in [4.78, 5) is 2.81. The Morgan fingerprint density at radius 2 is 1.59 bits per heavy atom. The van der Waals surface area contributed by atoms with Gasteiger partial charge in [-0.05, 0) is 81.3 Å². The monoisotopic (exact) mass is 293 g/mol. The predicted octanol–water partition coefficient (Wildman–Crippen LogP) is 4.95. The lowest BCUT2D eigenvalue weighted by Crippen LogP contribution is -2.65. The largest absolute Gasteiger partial charge is 0.355 e. The van der Waals surface area contributed by atoms with Crippen LogP contribution in [0.25, 0.3) is 0 Å². The molecule has 0 N–H and O–H groups in total. The maximum Gasteiger partial charge on any atom is 0.0648 e. The van der Waals surface area contributed by atoms with Crippen LogP contribution in [0, 0.1) is 30.6 Å². The summed E-state index contributed by atoms with van der Waals surface area (Å²) in [6.07, 6.45) is 12.6. The van der Waals surface area contributed by atoms with Crippen LogP contribution in [0.15, 0.2) is 36.4 Å². The zero-order valence-electron chi connectivity index (χ0n) is 13.8. The van der Waals surface area contributed by atoms with Gasteiger partial charge in [-0.2, -0.15) is 0 Å². The summed E-state index contributed by atoms with van der Waals surface area (Å²) < 4.78 is 0. The molecule has 1 aliphatic heterocycles. The number of benzene rings is 1. The number of aryl methyl sites for hydroxylation is 1. The Labute approximate surface area is 134 Å². The highest BCUT2D eigenvalue weighted by atomic mass is 15.3. The summed E-state index contributed by atoms with van der Waals surface area (Å²) in [6.45, 7) is 4.67. The van der Waals surface area contributed by atoms with Crippen LogP contribution in [-0.4, -0.2) is 11.6 Å². The summed E-state index contributed by atoms with van der Waals surface area (Å²) in [7, 11) is 0. The van der Waals surface area contributed by atoms with Crippen molar-refractivity contribution >= 4 is 5.69 Å². The molecule has 116 valence electrons. The first-order valence-electron chi connectivity index (χ1n) is 9.23. The lowest BCUT2D eigenvalue weighted by molar-refractivity contribution is -0.0350. The third kappa shape index (κ3) is 1.55. The summed E-state index contributed by atoms with van der Waals surface area (Å²) in [5, 5.41) is 0. The molecule has 1 nitrogen and oxygen atoms in total. The highest BCUT2D eigenvalue weighted by molar-refractivity contribution is 5.61. The molecule has 1 heterocycles. The zero-order chi connectivity index (χ0) is 14.9. The van der Waals surface area contributed by atoms with E-state index in [2.05, 4.69) is 55.2 Å². The summed E-state index contributed by atoms with van der Waals surface area (Å²) in [5.74, 6) is 3.86. The van der Waals surface area contributed by atoms with Gasteiger partial charge in [0.15, 0.2) is 0 Å². The molecule has 4 aliphatic carbocycles. The first-order chi connectivity index (χ1) is 10.7. The van der Waals surface area contributed by atoms with Crippen LogP contribution >= 0.6 is 0 Å². The van der Waals surface area contributed by atoms with Gasteiger partial charge in [-0.25, -0.2) is 0 Å². The van der Waals surface area contributed by atoms with Crippen LogP contribution in [0.5, 0.6) is 0 Å². The van der Waals surface area contributed by atoms with E-state index in [0.29, 0.717) is 11.6 Å². The van der Waals surface area contributed by atoms with Gasteiger partial charge in [0.1, 0.15) is 0 Å². The van der Waals surface area contributed by atoms with E-state index in [9.17, 15) is 0 Å². The van der Waals surface area contributed by atoms with Crippen molar-refractivity contribution in [3.63, 3.8) is 0 Å². The third-order valence-electron chi connectivity index (χ3n) is 7.29.